The first kappa shape index (κ1) is 8.43. The molecule has 1 rings (SSSR count). The van der Waals surface area contributed by atoms with Crippen LogP contribution in [-0.2, 0) is 4.79 Å². The Morgan fingerprint density at radius 2 is 2.33 bits per heavy atom. The van der Waals surface area contributed by atoms with E-state index in [0.29, 0.717) is 0 Å². The van der Waals surface area contributed by atoms with Gasteiger partial charge in [-0.2, -0.15) is 0 Å². The molecule has 1 aliphatic heterocycles. The zero-order valence-corrected chi connectivity index (χ0v) is 5.68. The summed E-state index contributed by atoms with van der Waals surface area (Å²) >= 11 is 0. The van der Waals surface area contributed by atoms with Crippen LogP contribution in [0, 0.1) is 0 Å². The van der Waals surface area contributed by atoms with Gasteiger partial charge in [0.1, 0.15) is 0 Å². The van der Waals surface area contributed by atoms with Crippen molar-refractivity contribution in [3.05, 3.63) is 0 Å². The Bertz CT molecular complexity index is 75.1. The first-order chi connectivity index (χ1) is 4.31. The third-order valence-corrected chi connectivity index (χ3v) is 0.903. The fourth-order valence-electron chi connectivity index (χ4n) is 0.565. The van der Waals surface area contributed by atoms with E-state index >= 15 is 0 Å². The maximum absolute atomic E-state index is 10.1. The molecular formula is C6H13NO2. The molecule has 0 atom stereocenters. The topological polar surface area (TPSA) is 49.3 Å². The lowest BCUT2D eigenvalue weighted by Gasteiger charge is -1.80. The van der Waals surface area contributed by atoms with E-state index in [-0.39, 0.29) is 12.5 Å². The van der Waals surface area contributed by atoms with Crippen LogP contribution in [0.25, 0.3) is 0 Å². The number of aliphatic hydroxyl groups is 1. The quantitative estimate of drug-likeness (QED) is 0.482. The first-order valence-electron chi connectivity index (χ1n) is 3.18. The van der Waals surface area contributed by atoms with Crippen molar-refractivity contribution in [1.29, 1.82) is 0 Å². The van der Waals surface area contributed by atoms with Gasteiger partial charge in [0.2, 0.25) is 5.91 Å². The van der Waals surface area contributed by atoms with Crippen molar-refractivity contribution in [3.8, 4) is 0 Å². The smallest absolute Gasteiger partial charge is 0.220 e. The molecular weight excluding hydrogens is 118 g/mol. The molecule has 0 bridgehead atoms. The second-order valence-corrected chi connectivity index (χ2v) is 1.77. The third-order valence-electron chi connectivity index (χ3n) is 0.903. The van der Waals surface area contributed by atoms with Crippen LogP contribution in [0.4, 0.5) is 0 Å². The Balaban J connectivity index is 0.000000187. The van der Waals surface area contributed by atoms with E-state index in [4.69, 9.17) is 5.11 Å². The molecule has 0 unspecified atom stereocenters. The molecule has 0 aromatic carbocycles. The summed E-state index contributed by atoms with van der Waals surface area (Å²) in [5, 5.41) is 10.2. The number of rotatable bonds is 0. The molecule has 0 spiro atoms. The SMILES string of the molecule is CCO.O=C1CCCN1. The van der Waals surface area contributed by atoms with E-state index in [9.17, 15) is 4.79 Å². The molecule has 0 saturated carbocycles. The van der Waals surface area contributed by atoms with Gasteiger partial charge in [0.15, 0.2) is 0 Å². The van der Waals surface area contributed by atoms with Crippen molar-refractivity contribution in [2.75, 3.05) is 13.2 Å². The summed E-state index contributed by atoms with van der Waals surface area (Å²) < 4.78 is 0. The largest absolute Gasteiger partial charge is 0.397 e. The van der Waals surface area contributed by atoms with Crippen molar-refractivity contribution in [2.24, 2.45) is 0 Å². The molecule has 1 saturated heterocycles. The summed E-state index contributed by atoms with van der Waals surface area (Å²) in [6, 6.07) is 0. The number of aliphatic hydroxyl groups excluding tert-OH is 1. The summed E-state index contributed by atoms with van der Waals surface area (Å²) in [5.41, 5.74) is 0. The zero-order valence-electron chi connectivity index (χ0n) is 5.68. The lowest BCUT2D eigenvalue weighted by Crippen LogP contribution is -2.12. The number of hydrogen-bond donors (Lipinski definition) is 2. The maximum atomic E-state index is 10.1. The van der Waals surface area contributed by atoms with Gasteiger partial charge in [0.05, 0.1) is 0 Å². The molecule has 0 aromatic rings. The minimum Gasteiger partial charge on any atom is -0.397 e. The van der Waals surface area contributed by atoms with Crippen LogP contribution in [0.2, 0.25) is 0 Å². The average Bonchev–Trinajstić information content (AvgIpc) is 2.20. The Kier molecular flexibility index (Phi) is 5.21. The second-order valence-electron chi connectivity index (χ2n) is 1.77. The fraction of sp³-hybridized carbons (Fsp3) is 0.833. The third kappa shape index (κ3) is 5.30. The number of carbonyl (C=O) groups is 1. The minimum absolute atomic E-state index is 0.204. The van der Waals surface area contributed by atoms with Crippen LogP contribution in [0.3, 0.4) is 0 Å². The van der Waals surface area contributed by atoms with Gasteiger partial charge in [0, 0.05) is 19.6 Å². The van der Waals surface area contributed by atoms with Crippen molar-refractivity contribution < 1.29 is 9.90 Å². The van der Waals surface area contributed by atoms with Crippen LogP contribution < -0.4 is 5.32 Å². The van der Waals surface area contributed by atoms with Crippen LogP contribution in [0.5, 0.6) is 0 Å². The molecule has 1 aliphatic rings. The Hall–Kier alpha value is -0.570. The minimum atomic E-state index is 0.204. The highest BCUT2D eigenvalue weighted by Crippen LogP contribution is 1.93. The molecule has 9 heavy (non-hydrogen) atoms. The van der Waals surface area contributed by atoms with Crippen molar-refractivity contribution in [2.45, 2.75) is 19.8 Å². The van der Waals surface area contributed by atoms with Gasteiger partial charge in [-0.25, -0.2) is 0 Å². The summed E-state index contributed by atoms with van der Waals surface area (Å²) in [4.78, 5) is 10.1. The molecule has 1 amide bonds. The van der Waals surface area contributed by atoms with Crippen LogP contribution in [-0.4, -0.2) is 24.2 Å². The highest BCUT2D eigenvalue weighted by molar-refractivity contribution is 5.77. The molecule has 0 aromatic heterocycles. The molecule has 3 nitrogen and oxygen atoms in total. The van der Waals surface area contributed by atoms with E-state index in [1.165, 1.54) is 0 Å². The predicted octanol–water partition coefficient (Wildman–Crippen LogP) is -0.105. The molecule has 1 heterocycles. The molecule has 3 heteroatoms. The summed E-state index contributed by atoms with van der Waals surface area (Å²) in [7, 11) is 0. The molecule has 0 aliphatic carbocycles. The van der Waals surface area contributed by atoms with E-state index in [2.05, 4.69) is 5.32 Å². The standard InChI is InChI=1S/C4H7NO.C2H6O/c6-4-2-1-3-5-4;1-2-3/h1-3H2,(H,5,6);3H,2H2,1H3. The van der Waals surface area contributed by atoms with Gasteiger partial charge in [-0.05, 0) is 13.3 Å². The van der Waals surface area contributed by atoms with Crippen molar-refractivity contribution in [1.82, 2.24) is 5.32 Å². The van der Waals surface area contributed by atoms with E-state index in [0.717, 1.165) is 19.4 Å². The first-order valence-corrected chi connectivity index (χ1v) is 3.18. The molecule has 2 N–H and O–H groups in total. The maximum Gasteiger partial charge on any atom is 0.220 e. The van der Waals surface area contributed by atoms with E-state index in [1.54, 1.807) is 6.92 Å². The summed E-state index contributed by atoms with van der Waals surface area (Å²) in [5.74, 6) is 0.204. The second kappa shape index (κ2) is 5.56. The highest BCUT2D eigenvalue weighted by atomic mass is 16.2. The predicted molar refractivity (Wildman–Crippen MR) is 35.0 cm³/mol. The van der Waals surface area contributed by atoms with Gasteiger partial charge in [0.25, 0.3) is 0 Å². The molecule has 54 valence electrons. The van der Waals surface area contributed by atoms with E-state index in [1.807, 2.05) is 0 Å². The average molecular weight is 131 g/mol. The van der Waals surface area contributed by atoms with Gasteiger partial charge < -0.3 is 10.4 Å². The van der Waals surface area contributed by atoms with Crippen LogP contribution in [0.1, 0.15) is 19.8 Å². The van der Waals surface area contributed by atoms with Crippen LogP contribution in [0.15, 0.2) is 0 Å². The Morgan fingerprint density at radius 3 is 2.44 bits per heavy atom. The summed E-state index contributed by atoms with van der Waals surface area (Å²) in [6.45, 7) is 2.82. The highest BCUT2D eigenvalue weighted by Gasteiger charge is 2.05. The normalized spacial score (nSPS) is 16.0. The van der Waals surface area contributed by atoms with Crippen molar-refractivity contribution in [3.63, 3.8) is 0 Å². The van der Waals surface area contributed by atoms with Gasteiger partial charge in [-0.3, -0.25) is 4.79 Å². The Labute approximate surface area is 55.1 Å². The van der Waals surface area contributed by atoms with Crippen LogP contribution >= 0.6 is 0 Å². The monoisotopic (exact) mass is 131 g/mol. The van der Waals surface area contributed by atoms with Gasteiger partial charge >= 0.3 is 0 Å². The number of hydrogen-bond acceptors (Lipinski definition) is 2. The number of amides is 1. The van der Waals surface area contributed by atoms with Crippen molar-refractivity contribution >= 4 is 5.91 Å². The van der Waals surface area contributed by atoms with Gasteiger partial charge in [-0.1, -0.05) is 0 Å². The Morgan fingerprint density at radius 1 is 1.78 bits per heavy atom. The zero-order chi connectivity index (χ0) is 7.11. The lowest BCUT2D eigenvalue weighted by molar-refractivity contribution is -0.119. The number of carbonyl (C=O) groups excluding carboxylic acids is 1. The number of nitrogens with one attached hydrogen (secondary N) is 1. The molecule has 0 radical (unpaired) electrons. The molecule has 1 fully saturated rings. The summed E-state index contributed by atoms with van der Waals surface area (Å²) in [6.07, 6.45) is 1.76. The fourth-order valence-corrected chi connectivity index (χ4v) is 0.565. The lowest BCUT2D eigenvalue weighted by atomic mass is 10.4. The van der Waals surface area contributed by atoms with Gasteiger partial charge in [-0.15, -0.1) is 0 Å². The van der Waals surface area contributed by atoms with E-state index < -0.39 is 0 Å².